The molecule has 2 atom stereocenters. The maximum atomic E-state index is 15.0. The standard InChI is InChI=1S/C22H23FN2O/c1-15-11-18-17-9-5-6-10-19(17)24-20(18)21(16-7-3-2-4-8-16)25(15)12-22(23)13-26-14-22/h2-10,15,21,24H,11-14H2,1H3/t15-,21-/m1/s1. The van der Waals surface area contributed by atoms with E-state index in [-0.39, 0.29) is 25.3 Å². The zero-order chi connectivity index (χ0) is 17.7. The highest BCUT2D eigenvalue weighted by atomic mass is 19.1. The van der Waals surface area contributed by atoms with Gasteiger partial charge in [0.15, 0.2) is 5.67 Å². The van der Waals surface area contributed by atoms with Gasteiger partial charge in [-0.25, -0.2) is 4.39 Å². The molecule has 0 radical (unpaired) electrons. The smallest absolute Gasteiger partial charge is 0.169 e. The number of alkyl halides is 1. The van der Waals surface area contributed by atoms with Crippen molar-refractivity contribution in [1.29, 1.82) is 0 Å². The minimum Gasteiger partial charge on any atom is -0.375 e. The third kappa shape index (κ3) is 2.48. The molecule has 1 aromatic heterocycles. The van der Waals surface area contributed by atoms with Crippen LogP contribution in [0.5, 0.6) is 0 Å². The van der Waals surface area contributed by atoms with Crippen molar-refractivity contribution in [1.82, 2.24) is 9.88 Å². The fraction of sp³-hybridized carbons (Fsp3) is 0.364. The first-order chi connectivity index (χ1) is 12.6. The minimum absolute atomic E-state index is 0.0376. The van der Waals surface area contributed by atoms with Gasteiger partial charge in [-0.2, -0.15) is 0 Å². The van der Waals surface area contributed by atoms with Crippen LogP contribution >= 0.6 is 0 Å². The molecule has 4 heteroatoms. The molecule has 2 aliphatic heterocycles. The van der Waals surface area contributed by atoms with Crippen LogP contribution in [0.1, 0.15) is 29.8 Å². The molecule has 0 spiro atoms. The van der Waals surface area contributed by atoms with Crippen LogP contribution in [0.3, 0.4) is 0 Å². The van der Waals surface area contributed by atoms with Crippen molar-refractivity contribution >= 4 is 10.9 Å². The van der Waals surface area contributed by atoms with E-state index in [9.17, 15) is 4.39 Å². The summed E-state index contributed by atoms with van der Waals surface area (Å²) in [5, 5.41) is 1.29. The number of aromatic nitrogens is 1. The van der Waals surface area contributed by atoms with Crippen LogP contribution in [0.2, 0.25) is 0 Å². The first-order valence-electron chi connectivity index (χ1n) is 9.31. The van der Waals surface area contributed by atoms with Crippen molar-refractivity contribution in [3.8, 4) is 0 Å². The van der Waals surface area contributed by atoms with E-state index in [4.69, 9.17) is 4.74 Å². The van der Waals surface area contributed by atoms with Crippen LogP contribution in [-0.2, 0) is 11.2 Å². The Labute approximate surface area is 152 Å². The van der Waals surface area contributed by atoms with E-state index < -0.39 is 5.67 Å². The summed E-state index contributed by atoms with van der Waals surface area (Å²) in [6.07, 6.45) is 0.930. The lowest BCUT2D eigenvalue weighted by Gasteiger charge is -2.46. The van der Waals surface area contributed by atoms with Gasteiger partial charge in [0.05, 0.1) is 19.3 Å². The van der Waals surface area contributed by atoms with E-state index in [1.807, 2.05) is 6.07 Å². The number of para-hydroxylation sites is 1. The second-order valence-electron chi connectivity index (χ2n) is 7.75. The Bertz CT molecular complexity index is 932. The van der Waals surface area contributed by atoms with Gasteiger partial charge in [0.1, 0.15) is 0 Å². The lowest BCUT2D eigenvalue weighted by molar-refractivity contribution is -0.147. The number of H-pyrrole nitrogens is 1. The van der Waals surface area contributed by atoms with Gasteiger partial charge in [0.2, 0.25) is 0 Å². The van der Waals surface area contributed by atoms with Crippen molar-refractivity contribution in [2.75, 3.05) is 19.8 Å². The zero-order valence-electron chi connectivity index (χ0n) is 14.9. The molecule has 2 aliphatic rings. The molecular weight excluding hydrogens is 327 g/mol. The molecule has 1 fully saturated rings. The van der Waals surface area contributed by atoms with Gasteiger partial charge in [0.25, 0.3) is 0 Å². The molecule has 1 N–H and O–H groups in total. The average molecular weight is 350 g/mol. The number of fused-ring (bicyclic) bond motifs is 3. The normalized spacial score (nSPS) is 25.0. The molecule has 3 aromatic rings. The predicted octanol–water partition coefficient (Wildman–Crippen LogP) is 4.24. The topological polar surface area (TPSA) is 28.3 Å². The summed E-state index contributed by atoms with van der Waals surface area (Å²) in [6, 6.07) is 19.2. The summed E-state index contributed by atoms with van der Waals surface area (Å²) in [7, 11) is 0. The van der Waals surface area contributed by atoms with E-state index in [0.717, 1.165) is 11.9 Å². The zero-order valence-corrected chi connectivity index (χ0v) is 14.9. The number of benzene rings is 2. The van der Waals surface area contributed by atoms with E-state index in [1.165, 1.54) is 22.2 Å². The number of nitrogens with one attached hydrogen (secondary N) is 1. The lowest BCUT2D eigenvalue weighted by Crippen LogP contribution is -2.57. The summed E-state index contributed by atoms with van der Waals surface area (Å²) in [5.41, 5.74) is 3.71. The van der Waals surface area contributed by atoms with Crippen LogP contribution in [0.15, 0.2) is 54.6 Å². The summed E-state index contributed by atoms with van der Waals surface area (Å²) >= 11 is 0. The molecular formula is C22H23FN2O. The maximum Gasteiger partial charge on any atom is 0.169 e. The number of rotatable bonds is 3. The molecule has 0 unspecified atom stereocenters. The molecule has 134 valence electrons. The second-order valence-corrected chi connectivity index (χ2v) is 7.75. The van der Waals surface area contributed by atoms with Crippen LogP contribution in [0, 0.1) is 0 Å². The molecule has 0 amide bonds. The van der Waals surface area contributed by atoms with Crippen molar-refractivity contribution in [3.05, 3.63) is 71.4 Å². The molecule has 2 aromatic carbocycles. The van der Waals surface area contributed by atoms with Gasteiger partial charge < -0.3 is 9.72 Å². The van der Waals surface area contributed by atoms with Gasteiger partial charge in [-0.15, -0.1) is 0 Å². The van der Waals surface area contributed by atoms with Gasteiger partial charge in [0, 0.05) is 29.2 Å². The average Bonchev–Trinajstić information content (AvgIpc) is 2.99. The van der Waals surface area contributed by atoms with E-state index >= 15 is 0 Å². The predicted molar refractivity (Wildman–Crippen MR) is 101 cm³/mol. The first-order valence-corrected chi connectivity index (χ1v) is 9.31. The molecule has 0 aliphatic carbocycles. The highest BCUT2D eigenvalue weighted by Gasteiger charge is 2.45. The summed E-state index contributed by atoms with van der Waals surface area (Å²) in [5.74, 6) is 0. The molecule has 0 bridgehead atoms. The van der Waals surface area contributed by atoms with Crippen molar-refractivity contribution in [2.24, 2.45) is 0 Å². The molecule has 3 heterocycles. The van der Waals surface area contributed by atoms with E-state index in [1.54, 1.807) is 0 Å². The highest BCUT2D eigenvalue weighted by molar-refractivity contribution is 5.85. The number of halogens is 1. The van der Waals surface area contributed by atoms with Crippen LogP contribution in [0.4, 0.5) is 4.39 Å². The summed E-state index contributed by atoms with van der Waals surface area (Å²) < 4.78 is 20.1. The Morgan fingerprint density at radius 1 is 1.12 bits per heavy atom. The third-order valence-electron chi connectivity index (χ3n) is 5.82. The van der Waals surface area contributed by atoms with Crippen LogP contribution < -0.4 is 0 Å². The number of ether oxygens (including phenoxy) is 1. The number of hydrogen-bond acceptors (Lipinski definition) is 2. The maximum absolute atomic E-state index is 15.0. The monoisotopic (exact) mass is 350 g/mol. The largest absolute Gasteiger partial charge is 0.375 e. The first kappa shape index (κ1) is 16.0. The van der Waals surface area contributed by atoms with Crippen molar-refractivity contribution < 1.29 is 9.13 Å². The van der Waals surface area contributed by atoms with Crippen molar-refractivity contribution in [3.63, 3.8) is 0 Å². The Balaban J connectivity index is 1.66. The Morgan fingerprint density at radius 2 is 1.85 bits per heavy atom. The van der Waals surface area contributed by atoms with Gasteiger partial charge in [-0.3, -0.25) is 4.90 Å². The van der Waals surface area contributed by atoms with E-state index in [0.29, 0.717) is 6.54 Å². The Hall–Kier alpha value is -2.17. The third-order valence-corrected chi connectivity index (χ3v) is 5.82. The second kappa shape index (κ2) is 5.93. The summed E-state index contributed by atoms with van der Waals surface area (Å²) in [6.45, 7) is 3.03. The molecule has 0 saturated carbocycles. The highest BCUT2D eigenvalue weighted by Crippen LogP contribution is 2.42. The quantitative estimate of drug-likeness (QED) is 0.765. The SMILES string of the molecule is C[C@@H]1Cc2c([nH]c3ccccc23)[C@@H](c2ccccc2)N1CC1(F)COC1. The van der Waals surface area contributed by atoms with E-state index in [2.05, 4.69) is 65.3 Å². The number of nitrogens with zero attached hydrogens (tertiary/aromatic N) is 1. The van der Waals surface area contributed by atoms with Crippen LogP contribution in [0.25, 0.3) is 10.9 Å². The number of aromatic amines is 1. The fourth-order valence-corrected chi connectivity index (χ4v) is 4.49. The van der Waals surface area contributed by atoms with Gasteiger partial charge in [-0.05, 0) is 30.5 Å². The Morgan fingerprint density at radius 3 is 2.58 bits per heavy atom. The fourth-order valence-electron chi connectivity index (χ4n) is 4.49. The molecule has 3 nitrogen and oxygen atoms in total. The number of hydrogen-bond donors (Lipinski definition) is 1. The van der Waals surface area contributed by atoms with Crippen molar-refractivity contribution in [2.45, 2.75) is 31.1 Å². The Kier molecular flexibility index (Phi) is 3.66. The molecule has 5 rings (SSSR count). The summed E-state index contributed by atoms with van der Waals surface area (Å²) in [4.78, 5) is 5.96. The lowest BCUT2D eigenvalue weighted by atomic mass is 9.87. The minimum atomic E-state index is -1.23. The van der Waals surface area contributed by atoms with Crippen LogP contribution in [-0.4, -0.2) is 41.4 Å². The molecule has 26 heavy (non-hydrogen) atoms. The van der Waals surface area contributed by atoms with Gasteiger partial charge in [-0.1, -0.05) is 48.5 Å². The molecule has 1 saturated heterocycles. The van der Waals surface area contributed by atoms with Gasteiger partial charge >= 0.3 is 0 Å².